The summed E-state index contributed by atoms with van der Waals surface area (Å²) in [6, 6.07) is 9.10. The zero-order valence-corrected chi connectivity index (χ0v) is 12.4. The fourth-order valence-corrected chi connectivity index (χ4v) is 2.83. The number of amides is 1. The minimum absolute atomic E-state index is 0.00722. The van der Waals surface area contributed by atoms with Crippen LogP contribution < -0.4 is 11.1 Å². The second kappa shape index (κ2) is 6.86. The number of benzene rings is 1. The number of nitrogens with zero attached hydrogens (tertiary/aromatic N) is 1. The molecule has 0 saturated carbocycles. The lowest BCUT2D eigenvalue weighted by Crippen LogP contribution is -2.27. The maximum Gasteiger partial charge on any atom is 0.217 e. The molecule has 1 aliphatic heterocycles. The fourth-order valence-electron chi connectivity index (χ4n) is 2.83. The van der Waals surface area contributed by atoms with Gasteiger partial charge >= 0.3 is 0 Å². The van der Waals surface area contributed by atoms with Crippen molar-refractivity contribution in [2.75, 3.05) is 13.1 Å². The van der Waals surface area contributed by atoms with E-state index in [1.807, 2.05) is 0 Å². The monoisotopic (exact) mass is 275 g/mol. The first-order valence-corrected chi connectivity index (χ1v) is 7.35. The van der Waals surface area contributed by atoms with Gasteiger partial charge in [-0.1, -0.05) is 24.3 Å². The SMILES string of the molecule is CC(=O)NCc1ccc(CN2CC(CN)CC2C)cc1. The molecule has 1 aromatic rings. The van der Waals surface area contributed by atoms with E-state index in [1.165, 1.54) is 18.9 Å². The predicted molar refractivity (Wildman–Crippen MR) is 81.0 cm³/mol. The Morgan fingerprint density at radius 2 is 2.00 bits per heavy atom. The summed E-state index contributed by atoms with van der Waals surface area (Å²) in [5.74, 6) is 0.650. The van der Waals surface area contributed by atoms with Crippen molar-refractivity contribution < 1.29 is 4.79 Å². The first-order chi connectivity index (χ1) is 9.58. The summed E-state index contributed by atoms with van der Waals surface area (Å²) in [7, 11) is 0. The summed E-state index contributed by atoms with van der Waals surface area (Å²) in [5.41, 5.74) is 8.23. The second-order valence-corrected chi connectivity index (χ2v) is 5.84. The van der Waals surface area contributed by atoms with E-state index in [4.69, 9.17) is 5.73 Å². The highest BCUT2D eigenvalue weighted by atomic mass is 16.1. The van der Waals surface area contributed by atoms with Crippen molar-refractivity contribution in [3.63, 3.8) is 0 Å². The van der Waals surface area contributed by atoms with Crippen molar-refractivity contribution in [3.8, 4) is 0 Å². The number of carbonyl (C=O) groups is 1. The van der Waals surface area contributed by atoms with Crippen LogP contribution in [0.2, 0.25) is 0 Å². The van der Waals surface area contributed by atoms with Gasteiger partial charge in [-0.15, -0.1) is 0 Å². The van der Waals surface area contributed by atoms with Crippen molar-refractivity contribution >= 4 is 5.91 Å². The molecule has 110 valence electrons. The molecule has 3 N–H and O–H groups in total. The Hall–Kier alpha value is -1.39. The molecule has 1 heterocycles. The standard InChI is InChI=1S/C16H25N3O/c1-12-7-16(8-17)11-19(12)10-15-5-3-14(4-6-15)9-18-13(2)20/h3-6,12,16H,7-11,17H2,1-2H3,(H,18,20). The normalized spacial score (nSPS) is 22.9. The summed E-state index contributed by atoms with van der Waals surface area (Å²) in [6.45, 7) is 7.29. The van der Waals surface area contributed by atoms with E-state index in [-0.39, 0.29) is 5.91 Å². The number of hydrogen-bond acceptors (Lipinski definition) is 3. The second-order valence-electron chi connectivity index (χ2n) is 5.84. The third-order valence-corrected chi connectivity index (χ3v) is 4.07. The maximum atomic E-state index is 10.9. The number of carbonyl (C=O) groups excluding carboxylic acids is 1. The Labute approximate surface area is 121 Å². The van der Waals surface area contributed by atoms with Gasteiger partial charge in [-0.05, 0) is 36.9 Å². The smallest absolute Gasteiger partial charge is 0.217 e. The summed E-state index contributed by atoms with van der Waals surface area (Å²) < 4.78 is 0. The largest absolute Gasteiger partial charge is 0.352 e. The highest BCUT2D eigenvalue weighted by molar-refractivity contribution is 5.72. The van der Waals surface area contributed by atoms with Gasteiger partial charge in [0.25, 0.3) is 0 Å². The van der Waals surface area contributed by atoms with Crippen molar-refractivity contribution in [1.29, 1.82) is 0 Å². The van der Waals surface area contributed by atoms with Crippen LogP contribution in [0.25, 0.3) is 0 Å². The van der Waals surface area contributed by atoms with Gasteiger partial charge in [-0.3, -0.25) is 9.69 Å². The summed E-state index contributed by atoms with van der Waals surface area (Å²) in [6.07, 6.45) is 1.21. The first kappa shape index (κ1) is 15.0. The van der Waals surface area contributed by atoms with Crippen LogP contribution in [0.4, 0.5) is 0 Å². The maximum absolute atomic E-state index is 10.9. The lowest BCUT2D eigenvalue weighted by molar-refractivity contribution is -0.119. The molecule has 0 spiro atoms. The zero-order chi connectivity index (χ0) is 14.5. The molecule has 1 saturated heterocycles. The van der Waals surface area contributed by atoms with E-state index in [9.17, 15) is 4.79 Å². The molecular formula is C16H25N3O. The van der Waals surface area contributed by atoms with Crippen LogP contribution in [-0.2, 0) is 17.9 Å². The van der Waals surface area contributed by atoms with Crippen LogP contribution in [0.15, 0.2) is 24.3 Å². The van der Waals surface area contributed by atoms with E-state index in [0.29, 0.717) is 18.5 Å². The van der Waals surface area contributed by atoms with Crippen molar-refractivity contribution in [3.05, 3.63) is 35.4 Å². The summed E-state index contributed by atoms with van der Waals surface area (Å²) >= 11 is 0. The zero-order valence-electron chi connectivity index (χ0n) is 12.4. The highest BCUT2D eigenvalue weighted by Gasteiger charge is 2.27. The van der Waals surface area contributed by atoms with Crippen LogP contribution >= 0.6 is 0 Å². The minimum Gasteiger partial charge on any atom is -0.352 e. The average molecular weight is 275 g/mol. The molecule has 4 heteroatoms. The molecule has 0 aromatic heterocycles. The van der Waals surface area contributed by atoms with E-state index < -0.39 is 0 Å². The summed E-state index contributed by atoms with van der Waals surface area (Å²) in [4.78, 5) is 13.4. The molecule has 2 rings (SSSR count). The molecular weight excluding hydrogens is 250 g/mol. The quantitative estimate of drug-likeness (QED) is 0.856. The van der Waals surface area contributed by atoms with E-state index in [2.05, 4.69) is 41.4 Å². The Kier molecular flexibility index (Phi) is 5.15. The first-order valence-electron chi connectivity index (χ1n) is 7.35. The Morgan fingerprint density at radius 3 is 2.55 bits per heavy atom. The van der Waals surface area contributed by atoms with Crippen molar-refractivity contribution in [2.24, 2.45) is 11.7 Å². The van der Waals surface area contributed by atoms with E-state index in [0.717, 1.165) is 25.2 Å². The lowest BCUT2D eigenvalue weighted by Gasteiger charge is -2.21. The molecule has 2 atom stereocenters. The van der Waals surface area contributed by atoms with Crippen LogP contribution in [-0.4, -0.2) is 29.9 Å². The molecule has 0 bridgehead atoms. The van der Waals surface area contributed by atoms with Crippen molar-refractivity contribution in [2.45, 2.75) is 39.4 Å². The highest BCUT2D eigenvalue weighted by Crippen LogP contribution is 2.24. The predicted octanol–water partition coefficient (Wildman–Crippen LogP) is 1.49. The molecule has 1 amide bonds. The third-order valence-electron chi connectivity index (χ3n) is 4.07. The Balaban J connectivity index is 1.89. The number of nitrogens with one attached hydrogen (secondary N) is 1. The van der Waals surface area contributed by atoms with Crippen LogP contribution in [0, 0.1) is 5.92 Å². The van der Waals surface area contributed by atoms with Crippen LogP contribution in [0.1, 0.15) is 31.4 Å². The van der Waals surface area contributed by atoms with Crippen LogP contribution in [0.5, 0.6) is 0 Å². The molecule has 4 nitrogen and oxygen atoms in total. The Morgan fingerprint density at radius 1 is 1.35 bits per heavy atom. The molecule has 20 heavy (non-hydrogen) atoms. The average Bonchev–Trinajstić information content (AvgIpc) is 2.78. The number of hydrogen-bond donors (Lipinski definition) is 2. The number of rotatable bonds is 5. The van der Waals surface area contributed by atoms with E-state index in [1.54, 1.807) is 0 Å². The van der Waals surface area contributed by atoms with Gasteiger partial charge in [0.2, 0.25) is 5.91 Å². The molecule has 0 aliphatic carbocycles. The van der Waals surface area contributed by atoms with Gasteiger partial charge in [0.05, 0.1) is 0 Å². The van der Waals surface area contributed by atoms with Crippen molar-refractivity contribution in [1.82, 2.24) is 10.2 Å². The fraction of sp³-hybridized carbons (Fsp3) is 0.562. The van der Waals surface area contributed by atoms with Gasteiger partial charge in [-0.25, -0.2) is 0 Å². The molecule has 0 radical (unpaired) electrons. The Bertz CT molecular complexity index is 444. The minimum atomic E-state index is 0.00722. The third kappa shape index (κ3) is 4.05. The van der Waals surface area contributed by atoms with Gasteiger partial charge < -0.3 is 11.1 Å². The molecule has 1 aromatic carbocycles. The van der Waals surface area contributed by atoms with Gasteiger partial charge in [0, 0.05) is 32.6 Å². The number of likely N-dealkylation sites (tertiary alicyclic amines) is 1. The lowest BCUT2D eigenvalue weighted by atomic mass is 10.1. The molecule has 1 fully saturated rings. The molecule has 2 unspecified atom stereocenters. The van der Waals surface area contributed by atoms with Gasteiger partial charge in [-0.2, -0.15) is 0 Å². The van der Waals surface area contributed by atoms with Gasteiger partial charge in [0.15, 0.2) is 0 Å². The topological polar surface area (TPSA) is 58.4 Å². The molecule has 1 aliphatic rings. The van der Waals surface area contributed by atoms with E-state index >= 15 is 0 Å². The van der Waals surface area contributed by atoms with Gasteiger partial charge in [0.1, 0.15) is 0 Å². The number of nitrogens with two attached hydrogens (primary N) is 1. The van der Waals surface area contributed by atoms with Crippen LogP contribution in [0.3, 0.4) is 0 Å². The summed E-state index contributed by atoms with van der Waals surface area (Å²) in [5, 5.41) is 2.81.